The van der Waals surface area contributed by atoms with Crippen LogP contribution in [0.4, 0.5) is 0 Å². The first-order chi connectivity index (χ1) is 9.83. The number of carbonyl (C=O) groups excluding carboxylic acids is 1. The number of ketones is 1. The smallest absolute Gasteiger partial charge is 0.193 e. The second-order valence-electron chi connectivity index (χ2n) is 5.65. The molecule has 20 heavy (non-hydrogen) atoms. The number of Topliss-reactive ketones (excluding diaryl/α,β-unsaturated/α-hetero) is 1. The van der Waals surface area contributed by atoms with Crippen molar-refractivity contribution in [2.75, 3.05) is 0 Å². The Kier molecular flexibility index (Phi) is 2.59. The molecule has 0 unspecified atom stereocenters. The Morgan fingerprint density at radius 3 is 2.50 bits per heavy atom. The highest BCUT2D eigenvalue weighted by Crippen LogP contribution is 2.35. The highest BCUT2D eigenvalue weighted by molar-refractivity contribution is 6.21. The molecule has 2 aliphatic rings. The first kappa shape index (κ1) is 11.7. The molecule has 0 heterocycles. The van der Waals surface area contributed by atoms with Crippen LogP contribution in [-0.2, 0) is 0 Å². The van der Waals surface area contributed by atoms with Crippen LogP contribution in [-0.4, -0.2) is 5.78 Å². The van der Waals surface area contributed by atoms with Crippen LogP contribution in [0.2, 0.25) is 0 Å². The first-order valence-electron chi connectivity index (χ1n) is 7.31. The maximum absolute atomic E-state index is 12.6. The van der Waals surface area contributed by atoms with Crippen molar-refractivity contribution in [2.45, 2.75) is 25.7 Å². The molecule has 98 valence electrons. The summed E-state index contributed by atoms with van der Waals surface area (Å²) in [4.78, 5) is 12.6. The second kappa shape index (κ2) is 4.45. The first-order valence-corrected chi connectivity index (χ1v) is 7.31. The molecule has 2 aliphatic carbocycles. The molecular formula is C19H16O. The van der Waals surface area contributed by atoms with Gasteiger partial charge in [0.25, 0.3) is 0 Å². The highest BCUT2D eigenvalue weighted by Gasteiger charge is 2.25. The fourth-order valence-electron chi connectivity index (χ4n) is 3.26. The summed E-state index contributed by atoms with van der Waals surface area (Å²) in [5.41, 5.74) is 4.12. The van der Waals surface area contributed by atoms with Crippen molar-refractivity contribution in [2.24, 2.45) is 0 Å². The van der Waals surface area contributed by atoms with Gasteiger partial charge in [0, 0.05) is 11.1 Å². The van der Waals surface area contributed by atoms with Crippen LogP contribution >= 0.6 is 0 Å². The molecule has 0 bridgehead atoms. The van der Waals surface area contributed by atoms with Crippen molar-refractivity contribution in [3.63, 3.8) is 0 Å². The van der Waals surface area contributed by atoms with E-state index in [1.54, 1.807) is 0 Å². The summed E-state index contributed by atoms with van der Waals surface area (Å²) in [5, 5.41) is 2.35. The minimum absolute atomic E-state index is 0.207. The van der Waals surface area contributed by atoms with E-state index in [1.807, 2.05) is 18.2 Å². The molecule has 4 rings (SSSR count). The van der Waals surface area contributed by atoms with Crippen molar-refractivity contribution >= 4 is 22.6 Å². The minimum atomic E-state index is 0.207. The molecule has 1 heteroatoms. The van der Waals surface area contributed by atoms with E-state index in [2.05, 4.69) is 30.4 Å². The topological polar surface area (TPSA) is 17.1 Å². The molecule has 0 aromatic heterocycles. The third-order valence-corrected chi connectivity index (χ3v) is 4.34. The Hall–Kier alpha value is -2.15. The van der Waals surface area contributed by atoms with Crippen LogP contribution in [0.25, 0.3) is 16.8 Å². The van der Waals surface area contributed by atoms with Crippen LogP contribution in [0, 0.1) is 0 Å². The van der Waals surface area contributed by atoms with Gasteiger partial charge in [-0.15, -0.1) is 0 Å². The predicted molar refractivity (Wildman–Crippen MR) is 82.8 cm³/mol. The Morgan fingerprint density at radius 1 is 0.950 bits per heavy atom. The van der Waals surface area contributed by atoms with Gasteiger partial charge in [-0.1, -0.05) is 30.3 Å². The molecule has 0 N–H and O–H groups in total. The molecule has 0 radical (unpaired) electrons. The summed E-state index contributed by atoms with van der Waals surface area (Å²) < 4.78 is 0. The zero-order chi connectivity index (χ0) is 13.5. The summed E-state index contributed by atoms with van der Waals surface area (Å²) in [6.07, 6.45) is 8.94. The number of carbonyl (C=O) groups is 1. The maximum atomic E-state index is 12.6. The van der Waals surface area contributed by atoms with Gasteiger partial charge in [0.2, 0.25) is 0 Å². The number of benzene rings is 2. The van der Waals surface area contributed by atoms with E-state index in [0.29, 0.717) is 0 Å². The van der Waals surface area contributed by atoms with Gasteiger partial charge in [0.15, 0.2) is 5.78 Å². The summed E-state index contributed by atoms with van der Waals surface area (Å²) in [7, 11) is 0. The molecule has 2 aromatic rings. The lowest BCUT2D eigenvalue weighted by Gasteiger charge is -2.12. The molecule has 0 saturated heterocycles. The third-order valence-electron chi connectivity index (χ3n) is 4.34. The molecule has 1 nitrogen and oxygen atoms in total. The largest absolute Gasteiger partial charge is 0.289 e. The van der Waals surface area contributed by atoms with Crippen molar-refractivity contribution in [1.29, 1.82) is 0 Å². The molecule has 0 amide bonds. The van der Waals surface area contributed by atoms with E-state index in [-0.39, 0.29) is 5.78 Å². The lowest BCUT2D eigenvalue weighted by Crippen LogP contribution is -2.03. The Bertz CT molecular complexity index is 777. The number of hydrogen-bond donors (Lipinski definition) is 0. The van der Waals surface area contributed by atoms with Crippen molar-refractivity contribution in [3.8, 4) is 0 Å². The van der Waals surface area contributed by atoms with Crippen LogP contribution in [0.1, 0.15) is 41.6 Å². The number of hydrogen-bond acceptors (Lipinski definition) is 1. The standard InChI is InChI=1S/C19H16O/c20-19-17(13-6-2-1-3-7-13)12-16-10-14-8-4-5-9-15(14)11-18(16)19/h4-6,8-12H,1-3,7H2. The van der Waals surface area contributed by atoms with E-state index >= 15 is 0 Å². The van der Waals surface area contributed by atoms with Crippen molar-refractivity contribution in [1.82, 2.24) is 0 Å². The summed E-state index contributed by atoms with van der Waals surface area (Å²) >= 11 is 0. The Labute approximate surface area is 118 Å². The van der Waals surface area contributed by atoms with E-state index in [4.69, 9.17) is 0 Å². The fourth-order valence-corrected chi connectivity index (χ4v) is 3.26. The molecule has 0 aliphatic heterocycles. The van der Waals surface area contributed by atoms with Gasteiger partial charge < -0.3 is 0 Å². The van der Waals surface area contributed by atoms with Crippen molar-refractivity contribution in [3.05, 3.63) is 64.7 Å². The van der Waals surface area contributed by atoms with Gasteiger partial charge in [-0.25, -0.2) is 0 Å². The predicted octanol–water partition coefficient (Wildman–Crippen LogP) is 4.92. The fraction of sp³-hybridized carbons (Fsp3) is 0.211. The zero-order valence-electron chi connectivity index (χ0n) is 11.4. The quantitative estimate of drug-likeness (QED) is 0.711. The van der Waals surface area contributed by atoms with Gasteiger partial charge in [0.1, 0.15) is 0 Å². The molecule has 0 fully saturated rings. The van der Waals surface area contributed by atoms with E-state index < -0.39 is 0 Å². The lowest BCUT2D eigenvalue weighted by atomic mass is 9.92. The SMILES string of the molecule is O=C1C(C2=CCCCC2)=Cc2cc3ccccc3cc21. The van der Waals surface area contributed by atoms with Gasteiger partial charge in [0.05, 0.1) is 0 Å². The van der Waals surface area contributed by atoms with Gasteiger partial charge in [-0.05, 0) is 65.8 Å². The Balaban J connectivity index is 1.84. The summed E-state index contributed by atoms with van der Waals surface area (Å²) in [5.74, 6) is 0.207. The van der Waals surface area contributed by atoms with Crippen LogP contribution in [0.5, 0.6) is 0 Å². The van der Waals surface area contributed by atoms with E-state index in [9.17, 15) is 4.79 Å². The van der Waals surface area contributed by atoms with Crippen LogP contribution in [0.15, 0.2) is 53.6 Å². The van der Waals surface area contributed by atoms with E-state index in [0.717, 1.165) is 34.9 Å². The molecule has 0 atom stereocenters. The summed E-state index contributed by atoms with van der Waals surface area (Å²) in [6, 6.07) is 12.4. The monoisotopic (exact) mass is 260 g/mol. The molecular weight excluding hydrogens is 244 g/mol. The summed E-state index contributed by atoms with van der Waals surface area (Å²) in [6.45, 7) is 0. The number of allylic oxidation sites excluding steroid dienone is 3. The van der Waals surface area contributed by atoms with Gasteiger partial charge in [-0.3, -0.25) is 4.79 Å². The van der Waals surface area contributed by atoms with Crippen molar-refractivity contribution < 1.29 is 4.79 Å². The van der Waals surface area contributed by atoms with Gasteiger partial charge in [-0.2, -0.15) is 0 Å². The Morgan fingerprint density at radius 2 is 1.75 bits per heavy atom. The molecule has 0 saturated carbocycles. The van der Waals surface area contributed by atoms with Gasteiger partial charge >= 0.3 is 0 Å². The second-order valence-corrected chi connectivity index (χ2v) is 5.65. The molecule has 2 aromatic carbocycles. The minimum Gasteiger partial charge on any atom is -0.289 e. The number of fused-ring (bicyclic) bond motifs is 2. The van der Waals surface area contributed by atoms with Crippen LogP contribution in [0.3, 0.4) is 0 Å². The average molecular weight is 260 g/mol. The van der Waals surface area contributed by atoms with E-state index in [1.165, 1.54) is 23.8 Å². The lowest BCUT2D eigenvalue weighted by molar-refractivity contribution is 0.104. The van der Waals surface area contributed by atoms with Crippen LogP contribution < -0.4 is 0 Å². The zero-order valence-corrected chi connectivity index (χ0v) is 11.4. The highest BCUT2D eigenvalue weighted by atomic mass is 16.1. The normalized spacial score (nSPS) is 17.9. The maximum Gasteiger partial charge on any atom is 0.193 e. The number of rotatable bonds is 1. The third kappa shape index (κ3) is 1.74. The molecule has 0 spiro atoms. The average Bonchev–Trinajstić information content (AvgIpc) is 2.83.